The molecule has 0 saturated carbocycles. The first-order valence-corrected chi connectivity index (χ1v) is 2.53. The summed E-state index contributed by atoms with van der Waals surface area (Å²) in [5, 5.41) is 7.00. The molecule has 60 valence electrons. The van der Waals surface area contributed by atoms with Gasteiger partial charge in [-0.25, -0.2) is 0 Å². The highest BCUT2D eigenvalue weighted by molar-refractivity contribution is 4.58. The molecule has 1 atom stereocenters. The summed E-state index contributed by atoms with van der Waals surface area (Å²) in [6, 6.07) is 0. The van der Waals surface area contributed by atoms with Gasteiger partial charge >= 0.3 is 0 Å². The van der Waals surface area contributed by atoms with Crippen molar-refractivity contribution < 1.29 is 9.84 Å². The first-order valence-electron chi connectivity index (χ1n) is 2.53. The monoisotopic (exact) mass is 137 g/mol. The molecule has 3 nitrogen and oxygen atoms in total. The highest BCUT2D eigenvalue weighted by Gasteiger charge is 2.13. The van der Waals surface area contributed by atoms with E-state index >= 15 is 0 Å². The van der Waals surface area contributed by atoms with E-state index in [4.69, 9.17) is 9.84 Å². The van der Waals surface area contributed by atoms with E-state index in [1.165, 1.54) is 7.05 Å². The minimum Gasteiger partial charge on any atom is -0.400 e. The topological polar surface area (TPSA) is 58.8 Å². The van der Waals surface area contributed by atoms with E-state index in [9.17, 15) is 0 Å². The number of hydrogen-bond acceptors (Lipinski definition) is 3. The standard InChI is InChI=1S/C3H6O.CH5N.CH4O.CH4/c1-3-2-4-3;2*1-2;/h3H,2H2,1H3;2H2,1H3;2H,1H3;1H4. The van der Waals surface area contributed by atoms with Crippen molar-refractivity contribution in [2.45, 2.75) is 20.5 Å². The largest absolute Gasteiger partial charge is 0.400 e. The van der Waals surface area contributed by atoms with Crippen LogP contribution in [0, 0.1) is 0 Å². The molecule has 1 unspecified atom stereocenters. The quantitative estimate of drug-likeness (QED) is 0.470. The maximum atomic E-state index is 7.00. The summed E-state index contributed by atoms with van der Waals surface area (Å²) in [5.41, 5.74) is 4.50. The summed E-state index contributed by atoms with van der Waals surface area (Å²) < 4.78 is 4.71. The summed E-state index contributed by atoms with van der Waals surface area (Å²) >= 11 is 0. The predicted molar refractivity (Wildman–Crippen MR) is 40.4 cm³/mol. The third kappa shape index (κ3) is 32.8. The number of hydrogen-bond donors (Lipinski definition) is 2. The van der Waals surface area contributed by atoms with E-state index in [-0.39, 0.29) is 7.43 Å². The lowest BCUT2D eigenvalue weighted by atomic mass is 10.6. The zero-order valence-corrected chi connectivity index (χ0v) is 5.72. The van der Waals surface area contributed by atoms with Crippen LogP contribution in [0.25, 0.3) is 0 Å². The van der Waals surface area contributed by atoms with Gasteiger partial charge in [-0.3, -0.25) is 0 Å². The molecule has 1 fully saturated rings. The van der Waals surface area contributed by atoms with Crippen molar-refractivity contribution >= 4 is 0 Å². The van der Waals surface area contributed by atoms with E-state index < -0.39 is 0 Å². The molecule has 1 aliphatic heterocycles. The Morgan fingerprint density at radius 3 is 1.56 bits per heavy atom. The van der Waals surface area contributed by atoms with Crippen LogP contribution in [0.1, 0.15) is 14.4 Å². The maximum Gasteiger partial charge on any atom is 0.0781 e. The van der Waals surface area contributed by atoms with Gasteiger partial charge < -0.3 is 15.6 Å². The predicted octanol–water partition coefficient (Wildman–Crippen LogP) is 0.225. The summed E-state index contributed by atoms with van der Waals surface area (Å²) in [6.45, 7) is 3.04. The van der Waals surface area contributed by atoms with Crippen molar-refractivity contribution in [3.05, 3.63) is 0 Å². The number of epoxide rings is 1. The van der Waals surface area contributed by atoms with Gasteiger partial charge in [0.05, 0.1) is 12.7 Å². The third-order valence-corrected chi connectivity index (χ3v) is 0.500. The second-order valence-electron chi connectivity index (χ2n) is 1.14. The Labute approximate surface area is 57.8 Å². The first kappa shape index (κ1) is 15.9. The van der Waals surface area contributed by atoms with E-state index in [2.05, 4.69) is 12.7 Å². The number of aliphatic hydroxyl groups is 1. The number of rotatable bonds is 0. The van der Waals surface area contributed by atoms with E-state index in [0.717, 1.165) is 13.7 Å². The average molecular weight is 137 g/mol. The van der Waals surface area contributed by atoms with Crippen LogP contribution >= 0.6 is 0 Å². The van der Waals surface area contributed by atoms with Crippen LogP contribution in [-0.4, -0.2) is 32.0 Å². The smallest absolute Gasteiger partial charge is 0.0781 e. The lowest BCUT2D eigenvalue weighted by Gasteiger charge is -1.50. The normalized spacial score (nSPS) is 19.0. The number of ether oxygens (including phenoxy) is 1. The molecule has 3 heteroatoms. The van der Waals surface area contributed by atoms with Crippen molar-refractivity contribution in [2.75, 3.05) is 20.8 Å². The van der Waals surface area contributed by atoms with Crippen LogP contribution in [0.15, 0.2) is 0 Å². The van der Waals surface area contributed by atoms with Crippen LogP contribution in [0.5, 0.6) is 0 Å². The fourth-order valence-electron chi connectivity index (χ4n) is 0.0962. The van der Waals surface area contributed by atoms with Crippen LogP contribution in [0.4, 0.5) is 0 Å². The van der Waals surface area contributed by atoms with Gasteiger partial charge in [-0.15, -0.1) is 0 Å². The highest BCUT2D eigenvalue weighted by atomic mass is 16.6. The fraction of sp³-hybridized carbons (Fsp3) is 1.00. The summed E-state index contributed by atoms with van der Waals surface area (Å²) in [5.74, 6) is 0. The zero-order chi connectivity index (χ0) is 6.99. The molecular weight excluding hydrogens is 118 g/mol. The van der Waals surface area contributed by atoms with Gasteiger partial charge in [-0.1, -0.05) is 7.43 Å². The molecule has 0 aromatic rings. The van der Waals surface area contributed by atoms with Gasteiger partial charge in [0.2, 0.25) is 0 Å². The molecule has 0 spiro atoms. The van der Waals surface area contributed by atoms with Gasteiger partial charge in [-0.05, 0) is 14.0 Å². The fourth-order valence-corrected chi connectivity index (χ4v) is 0.0962. The van der Waals surface area contributed by atoms with Crippen LogP contribution < -0.4 is 5.73 Å². The van der Waals surface area contributed by atoms with E-state index in [1.807, 2.05) is 0 Å². The molecule has 1 heterocycles. The molecule has 3 N–H and O–H groups in total. The summed E-state index contributed by atoms with van der Waals surface area (Å²) in [7, 11) is 2.50. The molecule has 0 aromatic heterocycles. The van der Waals surface area contributed by atoms with Crippen molar-refractivity contribution in [2.24, 2.45) is 5.73 Å². The molecule has 1 saturated heterocycles. The highest BCUT2D eigenvalue weighted by Crippen LogP contribution is 2.04. The molecular formula is C6H19NO2. The minimum atomic E-state index is 0. The molecule has 0 aromatic carbocycles. The number of nitrogens with two attached hydrogens (primary N) is 1. The van der Waals surface area contributed by atoms with Crippen molar-refractivity contribution in [3.63, 3.8) is 0 Å². The lowest BCUT2D eigenvalue weighted by molar-refractivity contribution is 0.399. The van der Waals surface area contributed by atoms with Gasteiger partial charge in [0.15, 0.2) is 0 Å². The van der Waals surface area contributed by atoms with Gasteiger partial charge in [0.25, 0.3) is 0 Å². The van der Waals surface area contributed by atoms with Crippen LogP contribution in [-0.2, 0) is 4.74 Å². The second-order valence-corrected chi connectivity index (χ2v) is 1.14. The molecule has 9 heavy (non-hydrogen) atoms. The summed E-state index contributed by atoms with van der Waals surface area (Å²) in [6.07, 6.45) is 0.583. The van der Waals surface area contributed by atoms with Gasteiger partial charge in [-0.2, -0.15) is 0 Å². The number of aliphatic hydroxyl groups excluding tert-OH is 1. The van der Waals surface area contributed by atoms with E-state index in [0.29, 0.717) is 6.10 Å². The van der Waals surface area contributed by atoms with Crippen molar-refractivity contribution in [3.8, 4) is 0 Å². The van der Waals surface area contributed by atoms with Crippen molar-refractivity contribution in [1.82, 2.24) is 0 Å². The molecule has 0 amide bonds. The SMILES string of the molecule is C.CC1CO1.CN.CO. The maximum absolute atomic E-state index is 7.00. The zero-order valence-electron chi connectivity index (χ0n) is 5.72. The van der Waals surface area contributed by atoms with Crippen LogP contribution in [0.3, 0.4) is 0 Å². The van der Waals surface area contributed by atoms with Crippen molar-refractivity contribution in [1.29, 1.82) is 0 Å². The minimum absolute atomic E-state index is 0. The molecule has 0 bridgehead atoms. The first-order chi connectivity index (χ1) is 3.89. The van der Waals surface area contributed by atoms with Gasteiger partial charge in [0, 0.05) is 7.11 Å². The average Bonchev–Trinajstić information content (AvgIpc) is 2.62. The molecule has 1 aliphatic rings. The summed E-state index contributed by atoms with van der Waals surface area (Å²) in [4.78, 5) is 0. The molecule has 0 aliphatic carbocycles. The Morgan fingerprint density at radius 1 is 1.44 bits per heavy atom. The Morgan fingerprint density at radius 2 is 1.56 bits per heavy atom. The Kier molecular flexibility index (Phi) is 27.8. The lowest BCUT2D eigenvalue weighted by Crippen LogP contribution is -1.69. The van der Waals surface area contributed by atoms with Gasteiger partial charge in [0.1, 0.15) is 0 Å². The Balaban J connectivity index is -0.0000000651. The van der Waals surface area contributed by atoms with Crippen LogP contribution in [0.2, 0.25) is 0 Å². The Bertz CT molecular complexity index is 30.2. The second kappa shape index (κ2) is 15.7. The molecule has 1 rings (SSSR count). The molecule has 0 radical (unpaired) electrons. The Hall–Kier alpha value is -0.120. The third-order valence-electron chi connectivity index (χ3n) is 0.500. The van der Waals surface area contributed by atoms with E-state index in [1.54, 1.807) is 0 Å².